The Morgan fingerprint density at radius 2 is 2.33 bits per heavy atom. The van der Waals surface area contributed by atoms with Crippen LogP contribution in [0.15, 0.2) is 0 Å². The maximum Gasteiger partial charge on any atom is 0.227 e. The van der Waals surface area contributed by atoms with Crippen LogP contribution in [0.1, 0.15) is 26.2 Å². The zero-order chi connectivity index (χ0) is 11.5. The van der Waals surface area contributed by atoms with Gasteiger partial charge in [-0.15, -0.1) is 0 Å². The van der Waals surface area contributed by atoms with Crippen LogP contribution < -0.4 is 11.1 Å². The third-order valence-corrected chi connectivity index (χ3v) is 4.00. The molecule has 3 unspecified atom stereocenters. The summed E-state index contributed by atoms with van der Waals surface area (Å²) in [6, 6.07) is -0.0374. The average Bonchev–Trinajstić information content (AvgIpc) is 2.47. The molecule has 0 bridgehead atoms. The van der Waals surface area contributed by atoms with Crippen molar-refractivity contribution in [3.63, 3.8) is 0 Å². The Kier molecular flexibility index (Phi) is 4.28. The number of carbonyl (C=O) groups excluding carboxylic acids is 1. The van der Waals surface area contributed by atoms with Crippen molar-refractivity contribution in [2.45, 2.75) is 32.2 Å². The van der Waals surface area contributed by atoms with Crippen molar-refractivity contribution in [1.29, 1.82) is 0 Å². The fraction of sp³-hybridized carbons (Fsp3) is 0.900. The molecular formula is C10H20N2O2S. The lowest BCUT2D eigenvalue weighted by atomic mass is 9.84. The maximum atomic E-state index is 11.9. The molecule has 4 nitrogen and oxygen atoms in total. The molecule has 1 aliphatic carbocycles. The van der Waals surface area contributed by atoms with E-state index < -0.39 is 16.2 Å². The molecule has 1 fully saturated rings. The Morgan fingerprint density at radius 3 is 2.80 bits per heavy atom. The van der Waals surface area contributed by atoms with Crippen LogP contribution in [0.3, 0.4) is 0 Å². The van der Waals surface area contributed by atoms with Crippen molar-refractivity contribution in [2.24, 2.45) is 11.1 Å². The van der Waals surface area contributed by atoms with Crippen LogP contribution in [0.4, 0.5) is 0 Å². The van der Waals surface area contributed by atoms with E-state index in [1.54, 1.807) is 6.26 Å². The third kappa shape index (κ3) is 3.01. The first-order chi connectivity index (χ1) is 6.97. The highest BCUT2D eigenvalue weighted by atomic mass is 32.2. The summed E-state index contributed by atoms with van der Waals surface area (Å²) < 4.78 is 10.8. The summed E-state index contributed by atoms with van der Waals surface area (Å²) in [4.78, 5) is 11.9. The summed E-state index contributed by atoms with van der Waals surface area (Å²) in [5.41, 5.74) is 5.50. The molecule has 0 aliphatic heterocycles. The highest BCUT2D eigenvalue weighted by Gasteiger charge is 2.42. The van der Waals surface area contributed by atoms with E-state index in [4.69, 9.17) is 5.73 Å². The molecule has 15 heavy (non-hydrogen) atoms. The summed E-state index contributed by atoms with van der Waals surface area (Å²) in [7, 11) is -0.852. The van der Waals surface area contributed by atoms with Crippen LogP contribution >= 0.6 is 0 Å². The summed E-state index contributed by atoms with van der Waals surface area (Å²) in [5.74, 6) is 0.523. The minimum absolute atomic E-state index is 0.0120. The molecule has 0 aromatic carbocycles. The van der Waals surface area contributed by atoms with E-state index in [9.17, 15) is 9.00 Å². The van der Waals surface area contributed by atoms with E-state index in [1.165, 1.54) is 0 Å². The molecule has 0 aromatic rings. The van der Waals surface area contributed by atoms with E-state index >= 15 is 0 Å². The van der Waals surface area contributed by atoms with Crippen molar-refractivity contribution < 1.29 is 9.00 Å². The number of amides is 1. The monoisotopic (exact) mass is 232 g/mol. The minimum atomic E-state index is -0.852. The molecule has 1 saturated carbocycles. The number of nitrogens with one attached hydrogen (secondary N) is 1. The lowest BCUT2D eigenvalue weighted by Gasteiger charge is -2.27. The van der Waals surface area contributed by atoms with Gasteiger partial charge in [-0.1, -0.05) is 6.42 Å². The SMILES string of the molecule is CS(=O)CCNC(=O)C1(C)CCCC1N. The third-order valence-electron chi connectivity index (χ3n) is 3.22. The molecule has 0 radical (unpaired) electrons. The van der Waals surface area contributed by atoms with Crippen LogP contribution in [0.5, 0.6) is 0 Å². The van der Waals surface area contributed by atoms with E-state index in [2.05, 4.69) is 5.32 Å². The van der Waals surface area contributed by atoms with Crippen LogP contribution in [0.2, 0.25) is 0 Å². The topological polar surface area (TPSA) is 72.2 Å². The first-order valence-corrected chi connectivity index (χ1v) is 7.03. The minimum Gasteiger partial charge on any atom is -0.355 e. The summed E-state index contributed by atoms with van der Waals surface area (Å²) >= 11 is 0. The van der Waals surface area contributed by atoms with Gasteiger partial charge < -0.3 is 11.1 Å². The molecule has 0 spiro atoms. The van der Waals surface area contributed by atoms with Gasteiger partial charge in [-0.2, -0.15) is 0 Å². The second kappa shape index (κ2) is 5.07. The van der Waals surface area contributed by atoms with Gasteiger partial charge in [-0.25, -0.2) is 0 Å². The second-order valence-corrected chi connectivity index (χ2v) is 6.00. The largest absolute Gasteiger partial charge is 0.355 e. The lowest BCUT2D eigenvalue weighted by molar-refractivity contribution is -0.130. The highest BCUT2D eigenvalue weighted by molar-refractivity contribution is 7.84. The Hall–Kier alpha value is -0.420. The fourth-order valence-corrected chi connectivity index (χ4v) is 2.37. The van der Waals surface area contributed by atoms with Gasteiger partial charge in [0.25, 0.3) is 0 Å². The smallest absolute Gasteiger partial charge is 0.227 e. The predicted molar refractivity (Wildman–Crippen MR) is 61.9 cm³/mol. The molecule has 3 N–H and O–H groups in total. The first kappa shape index (κ1) is 12.6. The van der Waals surface area contributed by atoms with Crippen molar-refractivity contribution in [2.75, 3.05) is 18.6 Å². The Morgan fingerprint density at radius 1 is 1.67 bits per heavy atom. The van der Waals surface area contributed by atoms with Gasteiger partial charge in [0, 0.05) is 35.4 Å². The molecule has 0 saturated heterocycles. The molecule has 0 heterocycles. The molecule has 1 rings (SSSR count). The van der Waals surface area contributed by atoms with Gasteiger partial charge in [-0.05, 0) is 19.8 Å². The zero-order valence-electron chi connectivity index (χ0n) is 9.41. The molecule has 0 aromatic heterocycles. The van der Waals surface area contributed by atoms with Gasteiger partial charge >= 0.3 is 0 Å². The number of hydrogen-bond acceptors (Lipinski definition) is 3. The average molecular weight is 232 g/mol. The van der Waals surface area contributed by atoms with Crippen molar-refractivity contribution in [3.8, 4) is 0 Å². The number of hydrogen-bond donors (Lipinski definition) is 2. The standard InChI is InChI=1S/C10H20N2O2S/c1-10(5-3-4-8(10)11)9(13)12-6-7-15(2)14/h8H,3-7,11H2,1-2H3,(H,12,13). The van der Waals surface area contributed by atoms with Gasteiger partial charge in [0.15, 0.2) is 0 Å². The van der Waals surface area contributed by atoms with Gasteiger partial charge in [0.05, 0.1) is 5.41 Å². The van der Waals surface area contributed by atoms with Gasteiger partial charge in [-0.3, -0.25) is 9.00 Å². The molecule has 1 amide bonds. The second-order valence-electron chi connectivity index (χ2n) is 4.45. The molecule has 3 atom stereocenters. The van der Waals surface area contributed by atoms with Crippen LogP contribution in [-0.2, 0) is 15.6 Å². The van der Waals surface area contributed by atoms with E-state index in [0.29, 0.717) is 12.3 Å². The summed E-state index contributed by atoms with van der Waals surface area (Å²) in [5, 5.41) is 2.81. The van der Waals surface area contributed by atoms with Gasteiger partial charge in [0.2, 0.25) is 5.91 Å². The van der Waals surface area contributed by atoms with Gasteiger partial charge in [0.1, 0.15) is 0 Å². The number of carbonyl (C=O) groups is 1. The quantitative estimate of drug-likeness (QED) is 0.716. The van der Waals surface area contributed by atoms with E-state index in [1.807, 2.05) is 6.92 Å². The van der Waals surface area contributed by atoms with Crippen molar-refractivity contribution in [1.82, 2.24) is 5.32 Å². The highest BCUT2D eigenvalue weighted by Crippen LogP contribution is 2.36. The molecule has 1 aliphatic rings. The summed E-state index contributed by atoms with van der Waals surface area (Å²) in [6.07, 6.45) is 4.43. The molecule has 5 heteroatoms. The van der Waals surface area contributed by atoms with Crippen molar-refractivity contribution >= 4 is 16.7 Å². The zero-order valence-corrected chi connectivity index (χ0v) is 10.2. The fourth-order valence-electron chi connectivity index (χ4n) is 1.99. The molecule has 88 valence electrons. The van der Waals surface area contributed by atoms with Crippen LogP contribution in [0.25, 0.3) is 0 Å². The predicted octanol–water partition coefficient (Wildman–Crippen LogP) is -0.00140. The van der Waals surface area contributed by atoms with Crippen LogP contribution in [-0.4, -0.2) is 34.7 Å². The van der Waals surface area contributed by atoms with Crippen LogP contribution in [0, 0.1) is 5.41 Å². The summed E-state index contributed by atoms with van der Waals surface area (Å²) in [6.45, 7) is 2.40. The Labute approximate surface area is 93.4 Å². The number of rotatable bonds is 4. The first-order valence-electron chi connectivity index (χ1n) is 5.31. The Bertz CT molecular complexity index is 270. The van der Waals surface area contributed by atoms with E-state index in [-0.39, 0.29) is 11.9 Å². The normalized spacial score (nSPS) is 32.6. The number of nitrogens with two attached hydrogens (primary N) is 1. The lowest BCUT2D eigenvalue weighted by Crippen LogP contribution is -2.48. The van der Waals surface area contributed by atoms with Crippen molar-refractivity contribution in [3.05, 3.63) is 0 Å². The Balaban J connectivity index is 2.42. The maximum absolute atomic E-state index is 11.9. The van der Waals surface area contributed by atoms with E-state index in [0.717, 1.165) is 19.3 Å². The molecular weight excluding hydrogens is 212 g/mol.